The number of aryl methyl sites for hydroxylation is 1. The van der Waals surface area contributed by atoms with Crippen molar-refractivity contribution in [3.8, 4) is 17.2 Å². The number of thiophene rings is 1. The van der Waals surface area contributed by atoms with E-state index in [4.69, 9.17) is 5.26 Å². The molecule has 122 valence electrons. The Balaban J connectivity index is 2.01. The maximum atomic E-state index is 13.1. The lowest BCUT2D eigenvalue weighted by atomic mass is 10.0. The first-order valence-electron chi connectivity index (χ1n) is 7.39. The molecule has 0 bridgehead atoms. The van der Waals surface area contributed by atoms with Gasteiger partial charge in [-0.2, -0.15) is 5.26 Å². The lowest BCUT2D eigenvalue weighted by Gasteiger charge is -2.03. The molecule has 2 heterocycles. The number of nitriles is 1. The van der Waals surface area contributed by atoms with Gasteiger partial charge >= 0.3 is 0 Å². The molecule has 0 saturated heterocycles. The first-order chi connectivity index (χ1) is 11.6. The zero-order chi connectivity index (χ0) is 17.1. The highest BCUT2D eigenvalue weighted by molar-refractivity contribution is 7.99. The average molecular weight is 359 g/mol. The van der Waals surface area contributed by atoms with Gasteiger partial charge in [-0.1, -0.05) is 23.9 Å². The number of fused-ring (bicyclic) bond motifs is 1. The third-order valence-corrected chi connectivity index (χ3v) is 5.48. The van der Waals surface area contributed by atoms with Crippen LogP contribution in [0.25, 0.3) is 21.3 Å². The molecule has 7 heteroatoms. The second-order valence-corrected chi connectivity index (χ2v) is 7.49. The number of aromatic nitrogens is 2. The molecular formula is C17H14FN3OS2. The summed E-state index contributed by atoms with van der Waals surface area (Å²) in [6.45, 7) is 1.93. The molecular weight excluding hydrogens is 345 g/mol. The molecule has 2 aromatic heterocycles. The smallest absolute Gasteiger partial charge is 0.260 e. The van der Waals surface area contributed by atoms with E-state index in [1.807, 2.05) is 6.92 Å². The molecule has 0 aliphatic rings. The van der Waals surface area contributed by atoms with E-state index >= 15 is 0 Å². The number of nitrogens with one attached hydrogen (secondary N) is 1. The topological polar surface area (TPSA) is 69.5 Å². The van der Waals surface area contributed by atoms with E-state index in [1.54, 1.807) is 12.1 Å². The third kappa shape index (κ3) is 3.35. The fourth-order valence-electron chi connectivity index (χ4n) is 2.45. The molecule has 4 nitrogen and oxygen atoms in total. The van der Waals surface area contributed by atoms with Gasteiger partial charge in [0, 0.05) is 22.6 Å². The largest absolute Gasteiger partial charge is 0.301 e. The minimum absolute atomic E-state index is 0.188. The molecule has 1 aromatic carbocycles. The van der Waals surface area contributed by atoms with E-state index in [9.17, 15) is 9.18 Å². The number of H-pyrrole nitrogens is 1. The third-order valence-electron chi connectivity index (χ3n) is 3.52. The fraction of sp³-hybridized carbons (Fsp3) is 0.235. The minimum atomic E-state index is -0.306. The molecule has 0 atom stereocenters. The number of benzene rings is 1. The van der Waals surface area contributed by atoms with Gasteiger partial charge in [0.15, 0.2) is 5.16 Å². The number of nitrogens with zero attached hydrogens (tertiary/aromatic N) is 2. The normalized spacial score (nSPS) is 10.9. The Hall–Kier alpha value is -2.17. The molecule has 0 unspecified atom stereocenters. The lowest BCUT2D eigenvalue weighted by molar-refractivity contribution is 0.628. The Morgan fingerprint density at radius 1 is 1.38 bits per heavy atom. The highest BCUT2D eigenvalue weighted by Crippen LogP contribution is 2.36. The van der Waals surface area contributed by atoms with Crippen LogP contribution in [-0.4, -0.2) is 15.7 Å². The van der Waals surface area contributed by atoms with Crippen molar-refractivity contribution in [2.24, 2.45) is 0 Å². The summed E-state index contributed by atoms with van der Waals surface area (Å²) < 4.78 is 13.1. The van der Waals surface area contributed by atoms with Gasteiger partial charge < -0.3 is 4.98 Å². The Bertz CT molecular complexity index is 970. The molecule has 1 N–H and O–H groups in total. The van der Waals surface area contributed by atoms with Crippen LogP contribution in [0.2, 0.25) is 0 Å². The molecule has 0 spiro atoms. The highest BCUT2D eigenvalue weighted by Gasteiger charge is 2.16. The van der Waals surface area contributed by atoms with Gasteiger partial charge in [-0.3, -0.25) is 4.79 Å². The zero-order valence-electron chi connectivity index (χ0n) is 12.9. The maximum Gasteiger partial charge on any atom is 0.260 e. The standard InChI is InChI=1S/C17H14FN3OS2/c1-10-13(11-4-6-12(18)7-5-11)14-15(22)20-17(21-16(14)24-10)23-9-3-2-8-19/h4-7H,2-3,9H2,1H3,(H,20,21,22). The van der Waals surface area contributed by atoms with Crippen molar-refractivity contribution in [3.05, 3.63) is 45.3 Å². The van der Waals surface area contributed by atoms with E-state index < -0.39 is 0 Å². The SMILES string of the molecule is Cc1sc2nc(SCCCC#N)[nH]c(=O)c2c1-c1ccc(F)cc1. The Morgan fingerprint density at radius 2 is 2.12 bits per heavy atom. The second-order valence-electron chi connectivity index (χ2n) is 5.20. The van der Waals surface area contributed by atoms with Crippen LogP contribution in [0, 0.1) is 24.1 Å². The number of hydrogen-bond donors (Lipinski definition) is 1. The van der Waals surface area contributed by atoms with Gasteiger partial charge in [-0.15, -0.1) is 11.3 Å². The summed E-state index contributed by atoms with van der Waals surface area (Å²) in [5.74, 6) is 0.427. The monoisotopic (exact) mass is 359 g/mol. The number of unbranched alkanes of at least 4 members (excludes halogenated alkanes) is 1. The van der Waals surface area contributed by atoms with E-state index in [0.717, 1.165) is 28.2 Å². The van der Waals surface area contributed by atoms with E-state index in [0.29, 0.717) is 21.8 Å². The predicted molar refractivity (Wildman–Crippen MR) is 95.9 cm³/mol. The Morgan fingerprint density at radius 3 is 2.83 bits per heavy atom. The van der Waals surface area contributed by atoms with Crippen LogP contribution >= 0.6 is 23.1 Å². The molecule has 0 amide bonds. The maximum absolute atomic E-state index is 13.1. The summed E-state index contributed by atoms with van der Waals surface area (Å²) in [5.41, 5.74) is 1.43. The number of halogens is 1. The van der Waals surface area contributed by atoms with Crippen molar-refractivity contribution in [1.29, 1.82) is 5.26 Å². The minimum Gasteiger partial charge on any atom is -0.301 e. The Labute approximate surface area is 146 Å². The van der Waals surface area contributed by atoms with Crippen molar-refractivity contribution >= 4 is 33.3 Å². The molecule has 24 heavy (non-hydrogen) atoms. The van der Waals surface area contributed by atoms with Crippen molar-refractivity contribution in [2.45, 2.75) is 24.9 Å². The summed E-state index contributed by atoms with van der Waals surface area (Å²) in [6, 6.07) is 8.22. The quantitative estimate of drug-likeness (QED) is 0.414. The van der Waals surface area contributed by atoms with Crippen LogP contribution in [0.3, 0.4) is 0 Å². The first-order valence-corrected chi connectivity index (χ1v) is 9.19. The molecule has 0 aliphatic carbocycles. The van der Waals surface area contributed by atoms with Crippen LogP contribution < -0.4 is 5.56 Å². The van der Waals surface area contributed by atoms with Gasteiger partial charge in [0.05, 0.1) is 11.5 Å². The molecule has 3 aromatic rings. The first kappa shape index (κ1) is 16.7. The van der Waals surface area contributed by atoms with Gasteiger partial charge in [0.2, 0.25) is 0 Å². The molecule has 0 fully saturated rings. The van der Waals surface area contributed by atoms with Gasteiger partial charge in [0.1, 0.15) is 10.6 Å². The summed E-state index contributed by atoms with van der Waals surface area (Å²) in [4.78, 5) is 21.5. The summed E-state index contributed by atoms with van der Waals surface area (Å²) >= 11 is 2.90. The average Bonchev–Trinajstić information content (AvgIpc) is 2.89. The van der Waals surface area contributed by atoms with Crippen LogP contribution in [-0.2, 0) is 0 Å². The summed E-state index contributed by atoms with van der Waals surface area (Å²) in [6.07, 6.45) is 1.25. The number of rotatable bonds is 5. The second kappa shape index (κ2) is 7.16. The van der Waals surface area contributed by atoms with Crippen molar-refractivity contribution < 1.29 is 4.39 Å². The predicted octanol–water partition coefficient (Wildman–Crippen LogP) is 4.50. The van der Waals surface area contributed by atoms with E-state index in [1.165, 1.54) is 35.2 Å². The summed E-state index contributed by atoms with van der Waals surface area (Å²) in [7, 11) is 0. The van der Waals surface area contributed by atoms with Crippen LogP contribution in [0.1, 0.15) is 17.7 Å². The molecule has 0 radical (unpaired) electrons. The fourth-order valence-corrected chi connectivity index (χ4v) is 4.36. The number of thioether (sulfide) groups is 1. The van der Waals surface area contributed by atoms with Crippen LogP contribution in [0.5, 0.6) is 0 Å². The highest BCUT2D eigenvalue weighted by atomic mass is 32.2. The lowest BCUT2D eigenvalue weighted by Crippen LogP contribution is -2.08. The number of aromatic amines is 1. The Kier molecular flexibility index (Phi) is 4.97. The van der Waals surface area contributed by atoms with Gasteiger partial charge in [-0.25, -0.2) is 9.37 Å². The van der Waals surface area contributed by atoms with E-state index in [2.05, 4.69) is 16.0 Å². The summed E-state index contributed by atoms with van der Waals surface area (Å²) in [5, 5.41) is 9.67. The van der Waals surface area contributed by atoms with Crippen molar-refractivity contribution in [2.75, 3.05) is 5.75 Å². The van der Waals surface area contributed by atoms with Gasteiger partial charge in [-0.05, 0) is 31.0 Å². The zero-order valence-corrected chi connectivity index (χ0v) is 14.6. The number of hydrogen-bond acceptors (Lipinski definition) is 5. The molecule has 0 aliphatic heterocycles. The van der Waals surface area contributed by atoms with Crippen molar-refractivity contribution in [3.63, 3.8) is 0 Å². The molecule has 3 rings (SSSR count). The van der Waals surface area contributed by atoms with Gasteiger partial charge in [0.25, 0.3) is 5.56 Å². The van der Waals surface area contributed by atoms with Crippen LogP contribution in [0.4, 0.5) is 4.39 Å². The van der Waals surface area contributed by atoms with E-state index in [-0.39, 0.29) is 11.4 Å². The van der Waals surface area contributed by atoms with Crippen LogP contribution in [0.15, 0.2) is 34.2 Å². The van der Waals surface area contributed by atoms with Crippen molar-refractivity contribution in [1.82, 2.24) is 9.97 Å². The molecule has 0 saturated carbocycles.